The lowest BCUT2D eigenvalue weighted by molar-refractivity contribution is 0.0462. The second-order valence-corrected chi connectivity index (χ2v) is 12.0. The van der Waals surface area contributed by atoms with Gasteiger partial charge in [-0.05, 0) is 44.1 Å². The summed E-state index contributed by atoms with van der Waals surface area (Å²) in [5.74, 6) is 0.895. The van der Waals surface area contributed by atoms with Gasteiger partial charge in [-0.15, -0.1) is 0 Å². The Bertz CT molecular complexity index is 391. The van der Waals surface area contributed by atoms with Crippen molar-refractivity contribution in [3.8, 4) is 5.75 Å². The highest BCUT2D eigenvalue weighted by Gasteiger charge is 2.38. The summed E-state index contributed by atoms with van der Waals surface area (Å²) in [6.07, 6.45) is 0. The predicted molar refractivity (Wildman–Crippen MR) is 84.3 cm³/mol. The predicted octanol–water partition coefficient (Wildman–Crippen LogP) is 4.87. The number of hydrogen-bond acceptors (Lipinski definition) is 2. The molecule has 0 bridgehead atoms. The van der Waals surface area contributed by atoms with Gasteiger partial charge in [-0.2, -0.15) is 0 Å². The minimum Gasteiger partial charge on any atom is -0.486 e. The van der Waals surface area contributed by atoms with Crippen LogP contribution in [0.3, 0.4) is 0 Å². The van der Waals surface area contributed by atoms with Crippen molar-refractivity contribution in [1.29, 1.82) is 0 Å². The highest BCUT2D eigenvalue weighted by Crippen LogP contribution is 2.37. The van der Waals surface area contributed by atoms with Crippen molar-refractivity contribution in [2.75, 3.05) is 6.61 Å². The van der Waals surface area contributed by atoms with E-state index in [0.29, 0.717) is 6.61 Å². The van der Waals surface area contributed by atoms with Gasteiger partial charge >= 0.3 is 0 Å². The molecule has 0 radical (unpaired) electrons. The largest absolute Gasteiger partial charge is 0.486 e. The van der Waals surface area contributed by atoms with Crippen LogP contribution in [0.2, 0.25) is 18.1 Å². The maximum absolute atomic E-state index is 6.24. The van der Waals surface area contributed by atoms with E-state index >= 15 is 0 Å². The van der Waals surface area contributed by atoms with Crippen LogP contribution in [-0.2, 0) is 4.43 Å². The first kappa shape index (κ1) is 16.3. The summed E-state index contributed by atoms with van der Waals surface area (Å²) < 4.78 is 12.3. The molecule has 0 amide bonds. The summed E-state index contributed by atoms with van der Waals surface area (Å²) >= 11 is 0. The number of benzene rings is 1. The van der Waals surface area contributed by atoms with E-state index in [0.717, 1.165) is 5.75 Å². The second kappa shape index (κ2) is 5.67. The van der Waals surface area contributed by atoms with Gasteiger partial charge < -0.3 is 9.16 Å². The molecule has 1 aromatic carbocycles. The normalized spacial score (nSPS) is 13.4. The SMILES string of the molecule is CC(C)(CO[Si](C)(C)C(C)(C)C)Oc1ccccc1. The summed E-state index contributed by atoms with van der Waals surface area (Å²) in [7, 11) is -1.71. The minimum atomic E-state index is -1.71. The van der Waals surface area contributed by atoms with Crippen LogP contribution in [0.5, 0.6) is 5.75 Å². The highest BCUT2D eigenvalue weighted by molar-refractivity contribution is 6.74. The quantitative estimate of drug-likeness (QED) is 0.717. The Morgan fingerprint density at radius 3 is 1.95 bits per heavy atom. The molecule has 0 unspecified atom stereocenters. The minimum absolute atomic E-state index is 0.232. The van der Waals surface area contributed by atoms with Crippen molar-refractivity contribution in [2.45, 2.75) is 58.4 Å². The third kappa shape index (κ3) is 5.00. The number of para-hydroxylation sites is 1. The Kier molecular flexibility index (Phi) is 4.85. The van der Waals surface area contributed by atoms with Crippen molar-refractivity contribution >= 4 is 8.32 Å². The van der Waals surface area contributed by atoms with Crippen LogP contribution >= 0.6 is 0 Å². The molecule has 0 spiro atoms. The summed E-state index contributed by atoms with van der Waals surface area (Å²) in [5.41, 5.74) is -0.309. The Morgan fingerprint density at radius 2 is 1.47 bits per heavy atom. The van der Waals surface area contributed by atoms with Crippen molar-refractivity contribution in [3.05, 3.63) is 30.3 Å². The first-order valence-corrected chi connectivity index (χ1v) is 9.82. The topological polar surface area (TPSA) is 18.5 Å². The first-order chi connectivity index (χ1) is 8.54. The van der Waals surface area contributed by atoms with Gasteiger partial charge in [0.05, 0.1) is 6.61 Å². The lowest BCUT2D eigenvalue weighted by Gasteiger charge is -2.39. The van der Waals surface area contributed by atoms with E-state index in [2.05, 4.69) is 47.7 Å². The molecule has 0 heterocycles. The van der Waals surface area contributed by atoms with E-state index in [4.69, 9.17) is 9.16 Å². The number of rotatable bonds is 5. The molecule has 108 valence electrons. The van der Waals surface area contributed by atoms with E-state index in [-0.39, 0.29) is 10.6 Å². The molecule has 3 heteroatoms. The van der Waals surface area contributed by atoms with Crippen LogP contribution in [0.25, 0.3) is 0 Å². The van der Waals surface area contributed by atoms with Crippen LogP contribution < -0.4 is 4.74 Å². The fraction of sp³-hybridized carbons (Fsp3) is 0.625. The molecule has 0 saturated carbocycles. The molecule has 0 atom stereocenters. The van der Waals surface area contributed by atoms with Crippen LogP contribution in [-0.4, -0.2) is 20.5 Å². The third-order valence-electron chi connectivity index (χ3n) is 3.72. The van der Waals surface area contributed by atoms with E-state index < -0.39 is 8.32 Å². The standard InChI is InChI=1S/C16H28O2Si/c1-15(2,3)19(6,7)17-13-16(4,5)18-14-11-9-8-10-12-14/h8-12H,13H2,1-7H3. The van der Waals surface area contributed by atoms with E-state index in [1.54, 1.807) is 0 Å². The van der Waals surface area contributed by atoms with E-state index in [1.807, 2.05) is 30.3 Å². The summed E-state index contributed by atoms with van der Waals surface area (Å²) in [6.45, 7) is 16.1. The molecule has 0 aliphatic carbocycles. The van der Waals surface area contributed by atoms with Crippen molar-refractivity contribution < 1.29 is 9.16 Å². The third-order valence-corrected chi connectivity index (χ3v) is 8.20. The molecule has 0 fully saturated rings. The first-order valence-electron chi connectivity index (χ1n) is 6.92. The molecule has 1 aromatic rings. The smallest absolute Gasteiger partial charge is 0.192 e. The Labute approximate surface area is 119 Å². The lowest BCUT2D eigenvalue weighted by atomic mass is 10.1. The molecule has 0 aliphatic heterocycles. The maximum Gasteiger partial charge on any atom is 0.192 e. The summed E-state index contributed by atoms with van der Waals surface area (Å²) in [4.78, 5) is 0. The molecule has 0 aromatic heterocycles. The zero-order valence-corrected chi connectivity index (χ0v) is 14.4. The zero-order chi connectivity index (χ0) is 14.7. The molecular weight excluding hydrogens is 252 g/mol. The van der Waals surface area contributed by atoms with Gasteiger partial charge in [-0.1, -0.05) is 39.0 Å². The van der Waals surface area contributed by atoms with Gasteiger partial charge in [0.25, 0.3) is 0 Å². The van der Waals surface area contributed by atoms with Crippen LogP contribution in [0.15, 0.2) is 30.3 Å². The Balaban J connectivity index is 2.61. The average Bonchev–Trinajstić information content (AvgIpc) is 2.26. The van der Waals surface area contributed by atoms with Crippen molar-refractivity contribution in [3.63, 3.8) is 0 Å². The molecule has 0 aliphatic rings. The van der Waals surface area contributed by atoms with Gasteiger partial charge in [0.15, 0.2) is 8.32 Å². The molecule has 0 N–H and O–H groups in total. The fourth-order valence-electron chi connectivity index (χ4n) is 1.41. The summed E-state index contributed by atoms with van der Waals surface area (Å²) in [6, 6.07) is 9.92. The number of ether oxygens (including phenoxy) is 1. The molecule has 2 nitrogen and oxygen atoms in total. The second-order valence-electron chi connectivity index (χ2n) is 7.22. The van der Waals surface area contributed by atoms with Gasteiger partial charge in [-0.3, -0.25) is 0 Å². The highest BCUT2D eigenvalue weighted by atomic mass is 28.4. The molecule has 1 rings (SSSR count). The summed E-state index contributed by atoms with van der Waals surface area (Å²) in [5, 5.41) is 0.232. The van der Waals surface area contributed by atoms with Crippen LogP contribution in [0.4, 0.5) is 0 Å². The Morgan fingerprint density at radius 1 is 0.947 bits per heavy atom. The van der Waals surface area contributed by atoms with Crippen molar-refractivity contribution in [2.24, 2.45) is 0 Å². The monoisotopic (exact) mass is 280 g/mol. The Hall–Kier alpha value is -0.803. The van der Waals surface area contributed by atoms with Gasteiger partial charge in [0, 0.05) is 0 Å². The number of hydrogen-bond donors (Lipinski definition) is 0. The average molecular weight is 280 g/mol. The maximum atomic E-state index is 6.24. The molecule has 19 heavy (non-hydrogen) atoms. The molecular formula is C16H28O2Si. The fourth-order valence-corrected chi connectivity index (χ4v) is 2.55. The van der Waals surface area contributed by atoms with E-state index in [1.165, 1.54) is 0 Å². The van der Waals surface area contributed by atoms with Crippen LogP contribution in [0, 0.1) is 0 Å². The zero-order valence-electron chi connectivity index (χ0n) is 13.4. The lowest BCUT2D eigenvalue weighted by Crippen LogP contribution is -2.46. The van der Waals surface area contributed by atoms with Crippen molar-refractivity contribution in [1.82, 2.24) is 0 Å². The van der Waals surface area contributed by atoms with Gasteiger partial charge in [0.1, 0.15) is 11.4 Å². The van der Waals surface area contributed by atoms with Crippen LogP contribution in [0.1, 0.15) is 34.6 Å². The van der Waals surface area contributed by atoms with Gasteiger partial charge in [0.2, 0.25) is 0 Å². The van der Waals surface area contributed by atoms with Gasteiger partial charge in [-0.25, -0.2) is 0 Å². The molecule has 0 saturated heterocycles. The van der Waals surface area contributed by atoms with E-state index in [9.17, 15) is 0 Å².